The summed E-state index contributed by atoms with van der Waals surface area (Å²) in [6, 6.07) is 5.22. The average Bonchev–Trinajstić information content (AvgIpc) is 3.17. The Morgan fingerprint density at radius 1 is 1.40 bits per heavy atom. The van der Waals surface area contributed by atoms with Gasteiger partial charge < -0.3 is 15.4 Å². The molecule has 0 saturated carbocycles. The highest BCUT2D eigenvalue weighted by atomic mass is 16.5. The largest absolute Gasteiger partial charge is 0.465 e. The van der Waals surface area contributed by atoms with Crippen LogP contribution in [0.4, 0.5) is 5.69 Å². The van der Waals surface area contributed by atoms with Crippen LogP contribution >= 0.6 is 0 Å². The van der Waals surface area contributed by atoms with Crippen molar-refractivity contribution in [1.82, 2.24) is 15.6 Å². The minimum Gasteiger partial charge on any atom is -0.465 e. The molecule has 0 aliphatic carbocycles. The van der Waals surface area contributed by atoms with Crippen molar-refractivity contribution in [1.29, 1.82) is 0 Å². The Kier molecular flexibility index (Phi) is 5.30. The highest BCUT2D eigenvalue weighted by Gasteiger charge is 2.27. The lowest BCUT2D eigenvalue weighted by molar-refractivity contribution is -0.110. The number of ether oxygens (including phenoxy) is 1. The Bertz CT molecular complexity index is 698. The molecule has 134 valence electrons. The van der Waals surface area contributed by atoms with E-state index < -0.39 is 5.97 Å². The van der Waals surface area contributed by atoms with Gasteiger partial charge in [0.2, 0.25) is 0 Å². The molecular weight excluding hydrogens is 322 g/mol. The summed E-state index contributed by atoms with van der Waals surface area (Å²) in [6.45, 7) is 4.61. The summed E-state index contributed by atoms with van der Waals surface area (Å²) < 4.78 is 4.79. The minimum atomic E-state index is -0.482. The third kappa shape index (κ3) is 3.80. The molecule has 3 rings (SSSR count). The van der Waals surface area contributed by atoms with Crippen molar-refractivity contribution >= 4 is 23.3 Å². The first-order chi connectivity index (χ1) is 12.1. The monoisotopic (exact) mass is 345 g/mol. The first-order valence-corrected chi connectivity index (χ1v) is 8.36. The van der Waals surface area contributed by atoms with Crippen LogP contribution in [0.25, 0.3) is 0 Å². The number of hydrogen-bond donors (Lipinski definition) is 3. The van der Waals surface area contributed by atoms with Crippen LogP contribution in [0.3, 0.4) is 0 Å². The van der Waals surface area contributed by atoms with Crippen molar-refractivity contribution in [2.24, 2.45) is 5.10 Å². The molecule has 0 aromatic heterocycles. The number of nitrogens with one attached hydrogen (secondary N) is 3. The number of carbonyl (C=O) groups excluding carboxylic acids is 2. The molecule has 0 bridgehead atoms. The molecule has 2 heterocycles. The van der Waals surface area contributed by atoms with Crippen molar-refractivity contribution in [3.05, 3.63) is 29.3 Å². The van der Waals surface area contributed by atoms with Gasteiger partial charge in [-0.25, -0.2) is 4.79 Å². The number of nitrogens with zero attached hydrogens (tertiary/aromatic N) is 2. The summed E-state index contributed by atoms with van der Waals surface area (Å²) in [5.74, 6) is -0.783. The van der Waals surface area contributed by atoms with Crippen LogP contribution in [0.1, 0.15) is 28.8 Å². The van der Waals surface area contributed by atoms with Gasteiger partial charge in [0.25, 0.3) is 5.91 Å². The van der Waals surface area contributed by atoms with E-state index in [2.05, 4.69) is 26.1 Å². The van der Waals surface area contributed by atoms with E-state index in [0.29, 0.717) is 23.4 Å². The van der Waals surface area contributed by atoms with Crippen LogP contribution in [0.5, 0.6) is 0 Å². The smallest absolute Gasteiger partial charge is 0.339 e. The molecule has 2 aliphatic rings. The number of para-hydroxylation sites is 1. The van der Waals surface area contributed by atoms with E-state index in [9.17, 15) is 9.59 Å². The number of hydrazone groups is 1. The quantitative estimate of drug-likeness (QED) is 0.694. The Balaban J connectivity index is 1.70. The summed E-state index contributed by atoms with van der Waals surface area (Å²) in [7, 11) is 1.32. The zero-order valence-corrected chi connectivity index (χ0v) is 14.5. The lowest BCUT2D eigenvalue weighted by Crippen LogP contribution is -2.47. The molecule has 2 aliphatic heterocycles. The van der Waals surface area contributed by atoms with Gasteiger partial charge in [-0.3, -0.25) is 15.1 Å². The second-order valence-electron chi connectivity index (χ2n) is 6.16. The molecule has 25 heavy (non-hydrogen) atoms. The van der Waals surface area contributed by atoms with Gasteiger partial charge in [0.1, 0.15) is 5.71 Å². The standard InChI is InChI=1S/C17H23N5O3/c1-11-4-3-5-12(17(24)25-2)15(11)19-16(23)13-6-7-14(21-20-13)22-9-8-18-10-22/h3-5,14,18,21H,6-10H2,1-2H3,(H,19,23). The molecule has 8 nitrogen and oxygen atoms in total. The van der Waals surface area contributed by atoms with Crippen LogP contribution in [-0.4, -0.2) is 55.5 Å². The van der Waals surface area contributed by atoms with Gasteiger partial charge in [0.15, 0.2) is 0 Å². The third-order valence-electron chi connectivity index (χ3n) is 4.51. The number of anilines is 1. The SMILES string of the molecule is COC(=O)c1cccc(C)c1NC(=O)C1=NNC(N2CCNC2)CC1. The zero-order valence-electron chi connectivity index (χ0n) is 14.5. The predicted octanol–water partition coefficient (Wildman–Crippen LogP) is 0.648. The predicted molar refractivity (Wildman–Crippen MR) is 94.3 cm³/mol. The van der Waals surface area contributed by atoms with Gasteiger partial charge >= 0.3 is 5.97 Å². The fraction of sp³-hybridized carbons (Fsp3) is 0.471. The third-order valence-corrected chi connectivity index (χ3v) is 4.51. The molecule has 0 radical (unpaired) electrons. The molecule has 8 heteroatoms. The second kappa shape index (κ2) is 7.62. The number of carbonyl (C=O) groups is 2. The lowest BCUT2D eigenvalue weighted by Gasteiger charge is -2.29. The van der Waals surface area contributed by atoms with E-state index in [4.69, 9.17) is 4.74 Å². The van der Waals surface area contributed by atoms with Crippen LogP contribution in [0.2, 0.25) is 0 Å². The number of hydrogen-bond acceptors (Lipinski definition) is 7. The molecule has 1 unspecified atom stereocenters. The van der Waals surface area contributed by atoms with Crippen molar-refractivity contribution in [2.45, 2.75) is 25.9 Å². The summed E-state index contributed by atoms with van der Waals surface area (Å²) in [6.07, 6.45) is 1.54. The number of rotatable bonds is 4. The summed E-state index contributed by atoms with van der Waals surface area (Å²) in [5, 5.41) is 10.3. The zero-order chi connectivity index (χ0) is 17.8. The number of esters is 1. The lowest BCUT2D eigenvalue weighted by atomic mass is 10.1. The summed E-state index contributed by atoms with van der Waals surface area (Å²) in [5.41, 5.74) is 5.09. The molecule has 1 aromatic rings. The van der Waals surface area contributed by atoms with Crippen LogP contribution in [0.15, 0.2) is 23.3 Å². The number of amides is 1. The van der Waals surface area contributed by atoms with Gasteiger partial charge in [0, 0.05) is 19.5 Å². The van der Waals surface area contributed by atoms with Gasteiger partial charge in [-0.15, -0.1) is 0 Å². The number of benzene rings is 1. The van der Waals surface area contributed by atoms with Crippen molar-refractivity contribution in [3.8, 4) is 0 Å². The summed E-state index contributed by atoms with van der Waals surface area (Å²) >= 11 is 0. The van der Waals surface area contributed by atoms with Gasteiger partial charge in [0.05, 0.1) is 31.2 Å². The van der Waals surface area contributed by atoms with E-state index >= 15 is 0 Å². The maximum Gasteiger partial charge on any atom is 0.339 e. The molecule has 1 saturated heterocycles. The van der Waals surface area contributed by atoms with Crippen molar-refractivity contribution < 1.29 is 14.3 Å². The van der Waals surface area contributed by atoms with Crippen molar-refractivity contribution in [2.75, 3.05) is 32.2 Å². The molecule has 1 atom stereocenters. The van der Waals surface area contributed by atoms with E-state index in [1.165, 1.54) is 7.11 Å². The second-order valence-corrected chi connectivity index (χ2v) is 6.16. The first-order valence-electron chi connectivity index (χ1n) is 8.36. The Hall–Kier alpha value is -2.45. The van der Waals surface area contributed by atoms with E-state index in [1.54, 1.807) is 12.1 Å². The fourth-order valence-corrected chi connectivity index (χ4v) is 3.06. The van der Waals surface area contributed by atoms with Crippen LogP contribution in [-0.2, 0) is 9.53 Å². The Labute approximate surface area is 146 Å². The molecule has 0 spiro atoms. The Morgan fingerprint density at radius 3 is 2.88 bits per heavy atom. The molecule has 1 aromatic carbocycles. The topological polar surface area (TPSA) is 95.1 Å². The number of methoxy groups -OCH3 is 1. The Morgan fingerprint density at radius 2 is 2.24 bits per heavy atom. The van der Waals surface area contributed by atoms with Crippen molar-refractivity contribution in [3.63, 3.8) is 0 Å². The van der Waals surface area contributed by atoms with Gasteiger partial charge in [-0.1, -0.05) is 12.1 Å². The van der Waals surface area contributed by atoms with Crippen LogP contribution in [0, 0.1) is 6.92 Å². The first kappa shape index (κ1) is 17.4. The molecule has 1 fully saturated rings. The molecular formula is C17H23N5O3. The fourth-order valence-electron chi connectivity index (χ4n) is 3.06. The minimum absolute atomic E-state index is 0.149. The maximum absolute atomic E-state index is 12.6. The summed E-state index contributed by atoms with van der Waals surface area (Å²) in [4.78, 5) is 26.7. The molecule has 1 amide bonds. The van der Waals surface area contributed by atoms with Gasteiger partial charge in [-0.05, 0) is 25.0 Å². The van der Waals surface area contributed by atoms with E-state index in [1.807, 2.05) is 13.0 Å². The normalized spacial score (nSPS) is 20.6. The highest BCUT2D eigenvalue weighted by molar-refractivity contribution is 6.43. The maximum atomic E-state index is 12.6. The van der Waals surface area contributed by atoms with E-state index in [-0.39, 0.29) is 12.1 Å². The average molecular weight is 345 g/mol. The highest BCUT2D eigenvalue weighted by Crippen LogP contribution is 2.22. The van der Waals surface area contributed by atoms with Crippen LogP contribution < -0.4 is 16.1 Å². The molecule has 3 N–H and O–H groups in total. The van der Waals surface area contributed by atoms with E-state index in [0.717, 1.165) is 31.7 Å². The number of aryl methyl sites for hydroxylation is 1. The van der Waals surface area contributed by atoms with Gasteiger partial charge in [-0.2, -0.15) is 5.10 Å².